The molecule has 0 aromatic carbocycles. The number of ether oxygens (including phenoxy) is 2. The number of amidine groups is 2. The van der Waals surface area contributed by atoms with Crippen LogP contribution in [-0.4, -0.2) is 83.1 Å². The Morgan fingerprint density at radius 1 is 1.00 bits per heavy atom. The van der Waals surface area contributed by atoms with Gasteiger partial charge in [-0.1, -0.05) is 0 Å². The Bertz CT molecular complexity index is 1110. The van der Waals surface area contributed by atoms with Gasteiger partial charge >= 0.3 is 46.7 Å². The van der Waals surface area contributed by atoms with Crippen molar-refractivity contribution in [2.24, 2.45) is 9.98 Å². The van der Waals surface area contributed by atoms with Gasteiger partial charge < -0.3 is 18.5 Å². The lowest BCUT2D eigenvalue weighted by Gasteiger charge is -2.18. The predicted octanol–water partition coefficient (Wildman–Crippen LogP) is 1.57. The number of aromatic nitrogens is 3. The van der Waals surface area contributed by atoms with Gasteiger partial charge in [-0.05, 0) is 39.2 Å². The summed E-state index contributed by atoms with van der Waals surface area (Å²) in [6.45, 7) is 9.44. The first-order valence-electron chi connectivity index (χ1n) is 12.0. The summed E-state index contributed by atoms with van der Waals surface area (Å²) in [5.74, 6) is 0. The van der Waals surface area contributed by atoms with Crippen molar-refractivity contribution < 1.29 is 56.1 Å². The standard InChI is InChI=1S/C19H34N6O11P4/c1-7-32-38(27)14(6)21-16(22-15(20)37-26)30-12-13-31-17-23-18(39(28,33-8-2)34-9-3)25-19(24-17)40(29,35-10-4)36-11-5/h20,28H,7-13H2,1-6H3/q+2/p+1. The highest BCUT2D eigenvalue weighted by atomic mass is 31.2. The molecule has 0 saturated heterocycles. The maximum Gasteiger partial charge on any atom is 0.564 e. The minimum Gasteiger partial charge on any atom is -0.460 e. The fourth-order valence-electron chi connectivity index (χ4n) is 2.51. The molecule has 17 nitrogen and oxygen atoms in total. The smallest absolute Gasteiger partial charge is 0.460 e. The van der Waals surface area contributed by atoms with Crippen molar-refractivity contribution >= 4 is 60.2 Å². The highest BCUT2D eigenvalue weighted by Crippen LogP contribution is 2.55. The molecule has 3 N–H and O–H groups in total. The van der Waals surface area contributed by atoms with Crippen molar-refractivity contribution in [2.45, 2.75) is 41.5 Å². The van der Waals surface area contributed by atoms with Gasteiger partial charge in [-0.25, -0.2) is 0 Å². The van der Waals surface area contributed by atoms with Crippen molar-refractivity contribution in [3.63, 3.8) is 0 Å². The lowest BCUT2D eigenvalue weighted by atomic mass is 10.7. The third-order valence-corrected chi connectivity index (χ3v) is 9.13. The van der Waals surface area contributed by atoms with Crippen molar-refractivity contribution in [2.75, 3.05) is 46.2 Å². The van der Waals surface area contributed by atoms with E-state index in [4.69, 9.17) is 37.5 Å². The van der Waals surface area contributed by atoms with Crippen molar-refractivity contribution in [3.8, 4) is 6.01 Å². The quantitative estimate of drug-likeness (QED) is 0.0999. The maximum atomic E-state index is 13.4. The zero-order chi connectivity index (χ0) is 30.2. The molecule has 1 heterocycles. The van der Waals surface area contributed by atoms with E-state index >= 15 is 0 Å². The molecule has 1 atom stereocenters. The molecular formula is C19H35N6O11P4+3. The fraction of sp³-hybridized carbons (Fsp3) is 0.684. The van der Waals surface area contributed by atoms with Gasteiger partial charge in [0.25, 0.3) is 19.5 Å². The summed E-state index contributed by atoms with van der Waals surface area (Å²) in [5, 5.41) is 5.49. The van der Waals surface area contributed by atoms with Gasteiger partial charge in [-0.15, -0.1) is 14.5 Å². The zero-order valence-electron chi connectivity index (χ0n) is 23.1. The Balaban J connectivity index is 3.30. The second kappa shape index (κ2) is 18.6. The second-order valence-corrected chi connectivity index (χ2v) is 12.7. The van der Waals surface area contributed by atoms with E-state index in [1.54, 1.807) is 34.6 Å². The average molecular weight is 647 g/mol. The highest BCUT2D eigenvalue weighted by molar-refractivity contribution is 7.68. The molecule has 0 amide bonds. The molecule has 0 aliphatic heterocycles. The molecule has 0 spiro atoms. The molecule has 21 heteroatoms. The molecule has 1 unspecified atom stereocenters. The van der Waals surface area contributed by atoms with E-state index in [9.17, 15) is 18.6 Å². The molecule has 0 aliphatic rings. The van der Waals surface area contributed by atoms with Gasteiger partial charge in [0.15, 0.2) is 0 Å². The Labute approximate surface area is 235 Å². The van der Waals surface area contributed by atoms with E-state index in [1.165, 1.54) is 6.92 Å². The fourth-order valence-corrected chi connectivity index (χ4v) is 6.15. The van der Waals surface area contributed by atoms with E-state index in [0.29, 0.717) is 0 Å². The van der Waals surface area contributed by atoms with Crippen molar-refractivity contribution in [1.82, 2.24) is 15.0 Å². The van der Waals surface area contributed by atoms with E-state index in [1.807, 2.05) is 0 Å². The van der Waals surface area contributed by atoms with E-state index in [0.717, 1.165) is 0 Å². The molecule has 1 aromatic heterocycles. The lowest BCUT2D eigenvalue weighted by Crippen LogP contribution is -2.35. The first-order valence-corrected chi connectivity index (χ1v) is 17.2. The largest absolute Gasteiger partial charge is 0.564 e. The monoisotopic (exact) mass is 647 g/mol. The number of nitrogens with zero attached hydrogens (tertiary/aromatic N) is 5. The minimum atomic E-state index is -4.04. The van der Waals surface area contributed by atoms with Crippen LogP contribution in [0.5, 0.6) is 6.01 Å². The van der Waals surface area contributed by atoms with Crippen LogP contribution in [0.15, 0.2) is 9.98 Å². The SMILES string of the molecule is CCO[P+](=O)C(C)=NC(=NC(=[NH2+])P=O)OCCOc1nc(P(=O)(OCC)OCC)nc([P+](O)(OCC)OCC)n1. The summed E-state index contributed by atoms with van der Waals surface area (Å²) < 4.78 is 73.8. The van der Waals surface area contributed by atoms with Crippen LogP contribution in [0, 0.1) is 0 Å². The summed E-state index contributed by atoms with van der Waals surface area (Å²) in [6, 6.07) is -0.727. The van der Waals surface area contributed by atoms with Crippen LogP contribution >= 0.6 is 32.0 Å². The zero-order valence-corrected chi connectivity index (χ0v) is 26.7. The van der Waals surface area contributed by atoms with Gasteiger partial charge in [0.1, 0.15) is 19.8 Å². The highest BCUT2D eigenvalue weighted by Gasteiger charge is 2.50. The predicted molar refractivity (Wildman–Crippen MR) is 148 cm³/mol. The summed E-state index contributed by atoms with van der Waals surface area (Å²) >= 11 is 0. The van der Waals surface area contributed by atoms with Crippen molar-refractivity contribution in [3.05, 3.63) is 0 Å². The summed E-state index contributed by atoms with van der Waals surface area (Å²) in [7, 11) is -10.7. The molecule has 224 valence electrons. The summed E-state index contributed by atoms with van der Waals surface area (Å²) in [5.41, 5.74) is -1.07. The van der Waals surface area contributed by atoms with Gasteiger partial charge in [0.2, 0.25) is 0 Å². The minimum absolute atomic E-state index is 0.0124. The molecule has 0 bridgehead atoms. The van der Waals surface area contributed by atoms with Crippen LogP contribution in [0.1, 0.15) is 41.5 Å². The molecule has 0 aliphatic carbocycles. The van der Waals surface area contributed by atoms with Gasteiger partial charge in [0, 0.05) is 11.9 Å². The van der Waals surface area contributed by atoms with E-state index < -0.39 is 37.6 Å². The van der Waals surface area contributed by atoms with Crippen LogP contribution < -0.4 is 21.3 Å². The Kier molecular flexibility index (Phi) is 16.9. The number of hydrogen-bond donors (Lipinski definition) is 2. The third-order valence-electron chi connectivity index (χ3n) is 3.91. The first kappa shape index (κ1) is 36.3. The van der Waals surface area contributed by atoms with Gasteiger partial charge in [-0.3, -0.25) is 14.5 Å². The third kappa shape index (κ3) is 11.6. The molecule has 0 fully saturated rings. The Morgan fingerprint density at radius 3 is 2.15 bits per heavy atom. The van der Waals surface area contributed by atoms with Crippen LogP contribution in [0.4, 0.5) is 0 Å². The molecular weight excluding hydrogens is 612 g/mol. The number of nitrogens with two attached hydrogens (primary N) is 1. The lowest BCUT2D eigenvalue weighted by molar-refractivity contribution is -0.110. The number of hydrogen-bond acceptors (Lipinski definition) is 14. The van der Waals surface area contributed by atoms with Gasteiger partial charge in [-0.2, -0.15) is 23.9 Å². The first-order chi connectivity index (χ1) is 19.0. The Morgan fingerprint density at radius 2 is 1.62 bits per heavy atom. The van der Waals surface area contributed by atoms with E-state index in [-0.39, 0.29) is 74.9 Å². The van der Waals surface area contributed by atoms with Crippen LogP contribution in [0.3, 0.4) is 0 Å². The molecule has 1 aromatic rings. The van der Waals surface area contributed by atoms with Crippen LogP contribution in [-0.2, 0) is 41.1 Å². The molecule has 40 heavy (non-hydrogen) atoms. The van der Waals surface area contributed by atoms with Crippen LogP contribution in [0.25, 0.3) is 0 Å². The molecule has 1 rings (SSSR count). The maximum absolute atomic E-state index is 13.4. The normalized spacial score (nSPS) is 13.4. The molecule has 0 saturated carbocycles. The number of aliphatic imine (C=N–C) groups is 2. The van der Waals surface area contributed by atoms with E-state index in [2.05, 4.69) is 24.9 Å². The molecule has 0 radical (unpaired) electrons. The van der Waals surface area contributed by atoms with Crippen LogP contribution in [0.2, 0.25) is 0 Å². The van der Waals surface area contributed by atoms with Crippen molar-refractivity contribution in [1.29, 1.82) is 0 Å². The van der Waals surface area contributed by atoms with Gasteiger partial charge in [0.05, 0.1) is 26.4 Å². The summed E-state index contributed by atoms with van der Waals surface area (Å²) in [4.78, 5) is 31.0. The second-order valence-electron chi connectivity index (χ2n) is 6.78. The topological polar surface area (TPSA) is 225 Å². The summed E-state index contributed by atoms with van der Waals surface area (Å²) in [6.07, 6.45) is 0. The Hall–Kier alpha value is -1.76. The average Bonchev–Trinajstić information content (AvgIpc) is 2.91. The number of rotatable bonds is 18.